The molecule has 0 aromatic heterocycles. The molecular formula is C9H15NO3. The topological polar surface area (TPSA) is 49.8 Å². The maximum atomic E-state index is 11.3. The molecule has 74 valence electrons. The molecule has 0 spiro atoms. The maximum Gasteiger partial charge on any atom is 0.410 e. The van der Waals surface area contributed by atoms with Gasteiger partial charge in [0.05, 0.1) is 18.7 Å². The molecule has 0 aliphatic carbocycles. The van der Waals surface area contributed by atoms with Crippen LogP contribution in [0.2, 0.25) is 0 Å². The first-order chi connectivity index (χ1) is 6.24. The van der Waals surface area contributed by atoms with E-state index in [2.05, 4.69) is 6.92 Å². The molecule has 0 aromatic rings. The molecule has 0 radical (unpaired) electrons. The molecule has 0 bridgehead atoms. The highest BCUT2D eigenvalue weighted by Crippen LogP contribution is 2.32. The summed E-state index contributed by atoms with van der Waals surface area (Å²) in [5.74, 6) is 0.495. The van der Waals surface area contributed by atoms with E-state index in [0.29, 0.717) is 12.5 Å². The van der Waals surface area contributed by atoms with E-state index in [0.717, 1.165) is 12.8 Å². The summed E-state index contributed by atoms with van der Waals surface area (Å²) in [5, 5.41) is 9.09. The van der Waals surface area contributed by atoms with Gasteiger partial charge in [-0.25, -0.2) is 4.79 Å². The summed E-state index contributed by atoms with van der Waals surface area (Å²) in [6.07, 6.45) is 1.71. The van der Waals surface area contributed by atoms with E-state index in [9.17, 15) is 4.79 Å². The number of fused-ring (bicyclic) bond motifs is 1. The van der Waals surface area contributed by atoms with Crippen molar-refractivity contribution in [1.82, 2.24) is 4.90 Å². The van der Waals surface area contributed by atoms with Crippen molar-refractivity contribution in [1.29, 1.82) is 0 Å². The largest absolute Gasteiger partial charge is 0.447 e. The third-order valence-electron chi connectivity index (χ3n) is 3.16. The Morgan fingerprint density at radius 1 is 1.62 bits per heavy atom. The highest BCUT2D eigenvalue weighted by Gasteiger charge is 2.43. The summed E-state index contributed by atoms with van der Waals surface area (Å²) in [7, 11) is 0. The molecule has 2 aliphatic rings. The standard InChI is InChI=1S/C9H15NO3/c1-6-2-3-7(4-11)10-8(6)5-13-9(10)12/h6-8,11H,2-5H2,1H3/t6-,7+,8+/m1/s1. The minimum atomic E-state index is -0.254. The lowest BCUT2D eigenvalue weighted by molar-refractivity contribution is 0.0691. The third kappa shape index (κ3) is 1.29. The average molecular weight is 185 g/mol. The lowest BCUT2D eigenvalue weighted by Crippen LogP contribution is -2.50. The number of nitrogens with zero attached hydrogens (tertiary/aromatic N) is 1. The van der Waals surface area contributed by atoms with Gasteiger partial charge in [0.1, 0.15) is 6.61 Å². The molecule has 3 atom stereocenters. The van der Waals surface area contributed by atoms with E-state index in [-0.39, 0.29) is 24.8 Å². The minimum absolute atomic E-state index is 0.0174. The Bertz CT molecular complexity index is 219. The third-order valence-corrected chi connectivity index (χ3v) is 3.16. The molecule has 0 aromatic carbocycles. The first-order valence-corrected chi connectivity index (χ1v) is 4.80. The van der Waals surface area contributed by atoms with Crippen LogP contribution in [0.5, 0.6) is 0 Å². The van der Waals surface area contributed by atoms with Crippen LogP contribution in [0, 0.1) is 5.92 Å². The fraction of sp³-hybridized carbons (Fsp3) is 0.889. The first kappa shape index (κ1) is 8.81. The molecule has 2 fully saturated rings. The predicted octanol–water partition coefficient (Wildman–Crippen LogP) is 0.598. The van der Waals surface area contributed by atoms with Gasteiger partial charge in [-0.15, -0.1) is 0 Å². The van der Waals surface area contributed by atoms with Gasteiger partial charge in [0.15, 0.2) is 0 Å². The minimum Gasteiger partial charge on any atom is -0.447 e. The Hall–Kier alpha value is -0.770. The highest BCUT2D eigenvalue weighted by atomic mass is 16.6. The number of amides is 1. The number of aliphatic hydroxyl groups excluding tert-OH is 1. The number of aliphatic hydroxyl groups is 1. The van der Waals surface area contributed by atoms with Crippen molar-refractivity contribution in [2.75, 3.05) is 13.2 Å². The van der Waals surface area contributed by atoms with Crippen molar-refractivity contribution in [2.45, 2.75) is 31.8 Å². The van der Waals surface area contributed by atoms with Crippen LogP contribution in [0.3, 0.4) is 0 Å². The molecule has 1 N–H and O–H groups in total. The quantitative estimate of drug-likeness (QED) is 0.650. The number of hydrogen-bond donors (Lipinski definition) is 1. The van der Waals surface area contributed by atoms with Gasteiger partial charge in [-0.3, -0.25) is 4.90 Å². The highest BCUT2D eigenvalue weighted by molar-refractivity contribution is 5.70. The zero-order chi connectivity index (χ0) is 9.42. The van der Waals surface area contributed by atoms with E-state index < -0.39 is 0 Å². The summed E-state index contributed by atoms with van der Waals surface area (Å²) in [6, 6.07) is 0.176. The number of carbonyl (C=O) groups excluding carboxylic acids is 1. The second-order valence-corrected chi connectivity index (χ2v) is 3.94. The van der Waals surface area contributed by atoms with Crippen molar-refractivity contribution in [3.8, 4) is 0 Å². The molecule has 2 saturated heterocycles. The molecule has 2 aliphatic heterocycles. The Labute approximate surface area is 77.5 Å². The second kappa shape index (κ2) is 3.18. The second-order valence-electron chi connectivity index (χ2n) is 3.94. The van der Waals surface area contributed by atoms with Gasteiger partial charge in [0.2, 0.25) is 0 Å². The SMILES string of the molecule is C[C@@H]1CC[C@@H](CO)N2C(=O)OC[C@@H]12. The predicted molar refractivity (Wildman–Crippen MR) is 46.2 cm³/mol. The van der Waals surface area contributed by atoms with Crippen LogP contribution >= 0.6 is 0 Å². The van der Waals surface area contributed by atoms with Crippen molar-refractivity contribution >= 4 is 6.09 Å². The van der Waals surface area contributed by atoms with Gasteiger partial charge in [0.25, 0.3) is 0 Å². The van der Waals surface area contributed by atoms with Crippen LogP contribution in [-0.4, -0.2) is 41.4 Å². The molecule has 4 nitrogen and oxygen atoms in total. The fourth-order valence-corrected chi connectivity index (χ4v) is 2.27. The molecule has 4 heteroatoms. The number of piperidine rings is 1. The zero-order valence-electron chi connectivity index (χ0n) is 7.77. The molecule has 1 amide bonds. The monoisotopic (exact) mass is 185 g/mol. The molecule has 2 heterocycles. The van der Waals surface area contributed by atoms with Gasteiger partial charge in [0, 0.05) is 0 Å². The zero-order valence-corrected chi connectivity index (χ0v) is 7.77. The summed E-state index contributed by atoms with van der Waals surface area (Å²) >= 11 is 0. The van der Waals surface area contributed by atoms with Crippen LogP contribution < -0.4 is 0 Å². The van der Waals surface area contributed by atoms with Gasteiger partial charge in [-0.05, 0) is 18.8 Å². The van der Waals surface area contributed by atoms with Crippen LogP contribution in [-0.2, 0) is 4.74 Å². The average Bonchev–Trinajstić information content (AvgIpc) is 2.51. The van der Waals surface area contributed by atoms with Crippen LogP contribution in [0.15, 0.2) is 0 Å². The Kier molecular flexibility index (Phi) is 2.15. The van der Waals surface area contributed by atoms with Crippen LogP contribution in [0.1, 0.15) is 19.8 Å². The molecule has 0 unspecified atom stereocenters. The summed E-state index contributed by atoms with van der Waals surface area (Å²) in [4.78, 5) is 13.0. The molecule has 0 saturated carbocycles. The van der Waals surface area contributed by atoms with Gasteiger partial charge >= 0.3 is 6.09 Å². The van der Waals surface area contributed by atoms with Crippen LogP contribution in [0.25, 0.3) is 0 Å². The fourth-order valence-electron chi connectivity index (χ4n) is 2.27. The lowest BCUT2D eigenvalue weighted by atomic mass is 9.88. The van der Waals surface area contributed by atoms with Gasteiger partial charge in [-0.1, -0.05) is 6.92 Å². The molecule has 2 rings (SSSR count). The number of ether oxygens (including phenoxy) is 1. The van der Waals surface area contributed by atoms with E-state index in [1.807, 2.05) is 0 Å². The van der Waals surface area contributed by atoms with Crippen molar-refractivity contribution in [3.63, 3.8) is 0 Å². The Balaban J connectivity index is 2.16. The van der Waals surface area contributed by atoms with E-state index in [1.165, 1.54) is 0 Å². The molecular weight excluding hydrogens is 170 g/mol. The van der Waals surface area contributed by atoms with Crippen molar-refractivity contribution in [3.05, 3.63) is 0 Å². The lowest BCUT2D eigenvalue weighted by Gasteiger charge is -2.37. The Morgan fingerprint density at radius 3 is 3.08 bits per heavy atom. The smallest absolute Gasteiger partial charge is 0.410 e. The van der Waals surface area contributed by atoms with Crippen molar-refractivity contribution < 1.29 is 14.6 Å². The van der Waals surface area contributed by atoms with Crippen molar-refractivity contribution in [2.24, 2.45) is 5.92 Å². The van der Waals surface area contributed by atoms with Gasteiger partial charge in [-0.2, -0.15) is 0 Å². The number of carbonyl (C=O) groups is 1. The van der Waals surface area contributed by atoms with E-state index >= 15 is 0 Å². The number of cyclic esters (lactones) is 1. The Morgan fingerprint density at radius 2 is 2.38 bits per heavy atom. The van der Waals surface area contributed by atoms with E-state index in [4.69, 9.17) is 9.84 Å². The molecule has 13 heavy (non-hydrogen) atoms. The van der Waals surface area contributed by atoms with Gasteiger partial charge < -0.3 is 9.84 Å². The number of hydrogen-bond acceptors (Lipinski definition) is 3. The number of rotatable bonds is 1. The maximum absolute atomic E-state index is 11.3. The van der Waals surface area contributed by atoms with Crippen LogP contribution in [0.4, 0.5) is 4.79 Å². The normalized spacial score (nSPS) is 38.8. The summed E-state index contributed by atoms with van der Waals surface area (Å²) < 4.78 is 4.98. The van der Waals surface area contributed by atoms with E-state index in [1.54, 1.807) is 4.90 Å². The summed E-state index contributed by atoms with van der Waals surface area (Å²) in [5.41, 5.74) is 0. The first-order valence-electron chi connectivity index (χ1n) is 4.80. The summed E-state index contributed by atoms with van der Waals surface area (Å²) in [6.45, 7) is 2.68.